The minimum absolute atomic E-state index is 0.169. The van der Waals surface area contributed by atoms with E-state index in [1.165, 1.54) is 7.11 Å². The zero-order chi connectivity index (χ0) is 19.6. The number of carboxylic acids is 1. The molecule has 0 unspecified atom stereocenters. The largest absolute Gasteiger partial charge is 0.548 e. The van der Waals surface area contributed by atoms with Crippen molar-refractivity contribution < 1.29 is 29.3 Å². The Hall–Kier alpha value is -3.61. The normalized spacial score (nSPS) is 18.6. The molecular weight excluding hydrogens is 350 g/mol. The van der Waals surface area contributed by atoms with Gasteiger partial charge in [-0.25, -0.2) is 0 Å². The van der Waals surface area contributed by atoms with E-state index in [-0.39, 0.29) is 11.3 Å². The van der Waals surface area contributed by atoms with Gasteiger partial charge in [0.05, 0.1) is 31.2 Å². The molecule has 0 aliphatic carbocycles. The second-order valence-electron chi connectivity index (χ2n) is 5.94. The molecule has 1 aliphatic heterocycles. The van der Waals surface area contributed by atoms with Crippen molar-refractivity contribution in [3.8, 4) is 5.75 Å². The van der Waals surface area contributed by atoms with E-state index in [2.05, 4.69) is 0 Å². The van der Waals surface area contributed by atoms with E-state index in [9.17, 15) is 24.6 Å². The number of benzene rings is 2. The zero-order valence-corrected chi connectivity index (χ0v) is 14.4. The lowest BCUT2D eigenvalue weighted by molar-refractivity contribution is -0.306. The van der Waals surface area contributed by atoms with Crippen molar-refractivity contribution in [1.29, 1.82) is 0 Å². The van der Waals surface area contributed by atoms with Gasteiger partial charge in [-0.05, 0) is 29.8 Å². The number of rotatable bonds is 5. The summed E-state index contributed by atoms with van der Waals surface area (Å²) in [6.45, 7) is -0.760. The standard InChI is InChI=1S/C20H17NO6/c1-27-14-9-7-13(8-10-14)18(24)16-17(12-5-3-2-4-6-12)21(11-15(22)23)20(26)19(16)25/h2-10,17,24H,11H2,1H3,(H,22,23)/p-1/t17-/m0/s1. The summed E-state index contributed by atoms with van der Waals surface area (Å²) >= 11 is 0. The van der Waals surface area contributed by atoms with Gasteiger partial charge in [-0.15, -0.1) is 0 Å². The zero-order valence-electron chi connectivity index (χ0n) is 14.4. The average molecular weight is 366 g/mol. The molecule has 0 radical (unpaired) electrons. The van der Waals surface area contributed by atoms with E-state index in [1.54, 1.807) is 54.6 Å². The van der Waals surface area contributed by atoms with E-state index in [0.717, 1.165) is 4.90 Å². The van der Waals surface area contributed by atoms with Crippen molar-refractivity contribution in [3.05, 3.63) is 71.3 Å². The first-order valence-corrected chi connectivity index (χ1v) is 8.11. The number of carbonyl (C=O) groups is 3. The first kappa shape index (κ1) is 18.2. The number of ketones is 1. The highest BCUT2D eigenvalue weighted by atomic mass is 16.5. The van der Waals surface area contributed by atoms with Gasteiger partial charge in [-0.2, -0.15) is 0 Å². The summed E-state index contributed by atoms with van der Waals surface area (Å²) in [7, 11) is 1.50. The third kappa shape index (κ3) is 3.39. The molecule has 2 aromatic rings. The predicted octanol–water partition coefficient (Wildman–Crippen LogP) is 0.867. The number of aliphatic hydroxyl groups excluding tert-OH is 1. The van der Waals surface area contributed by atoms with Gasteiger partial charge < -0.3 is 24.6 Å². The number of methoxy groups -OCH3 is 1. The number of carboxylic acid groups (broad SMARTS) is 1. The van der Waals surface area contributed by atoms with Gasteiger partial charge >= 0.3 is 0 Å². The van der Waals surface area contributed by atoms with Gasteiger partial charge in [0.25, 0.3) is 11.7 Å². The van der Waals surface area contributed by atoms with Crippen molar-refractivity contribution in [1.82, 2.24) is 4.90 Å². The van der Waals surface area contributed by atoms with Crippen LogP contribution in [0.1, 0.15) is 17.2 Å². The molecule has 1 atom stereocenters. The second-order valence-corrected chi connectivity index (χ2v) is 5.94. The lowest BCUT2D eigenvalue weighted by Gasteiger charge is -2.25. The van der Waals surface area contributed by atoms with E-state index >= 15 is 0 Å². The SMILES string of the molecule is COc1ccc(C(O)=C2C(=O)C(=O)N(CC(=O)[O-])[C@H]2c2ccccc2)cc1. The monoisotopic (exact) mass is 366 g/mol. The minimum atomic E-state index is -1.50. The smallest absolute Gasteiger partial charge is 0.295 e. The fraction of sp³-hybridized carbons (Fsp3) is 0.150. The quantitative estimate of drug-likeness (QED) is 0.478. The van der Waals surface area contributed by atoms with Crippen LogP contribution in [0.2, 0.25) is 0 Å². The van der Waals surface area contributed by atoms with Gasteiger partial charge in [-0.3, -0.25) is 9.59 Å². The van der Waals surface area contributed by atoms with Crippen LogP contribution in [-0.4, -0.2) is 41.3 Å². The second kappa shape index (κ2) is 7.33. The number of likely N-dealkylation sites (tertiary alicyclic amines) is 1. The molecule has 1 saturated heterocycles. The maximum atomic E-state index is 12.6. The van der Waals surface area contributed by atoms with Crippen molar-refractivity contribution in [3.63, 3.8) is 0 Å². The van der Waals surface area contributed by atoms with Crippen LogP contribution in [-0.2, 0) is 14.4 Å². The molecule has 1 heterocycles. The van der Waals surface area contributed by atoms with Gasteiger partial charge in [0.2, 0.25) is 0 Å². The number of aliphatic carboxylic acids is 1. The number of aliphatic hydroxyl groups is 1. The number of hydrogen-bond acceptors (Lipinski definition) is 6. The van der Waals surface area contributed by atoms with Crippen LogP contribution in [0, 0.1) is 0 Å². The first-order chi connectivity index (χ1) is 12.9. The minimum Gasteiger partial charge on any atom is -0.548 e. The molecule has 138 valence electrons. The van der Waals surface area contributed by atoms with Crippen LogP contribution in [0.3, 0.4) is 0 Å². The summed E-state index contributed by atoms with van der Waals surface area (Å²) in [6.07, 6.45) is 0. The van der Waals surface area contributed by atoms with Gasteiger partial charge in [-0.1, -0.05) is 30.3 Å². The number of hydrogen-bond donors (Lipinski definition) is 1. The van der Waals surface area contributed by atoms with E-state index in [4.69, 9.17) is 4.74 Å². The molecular formula is C20H16NO6-. The molecule has 2 aromatic carbocycles. The fourth-order valence-corrected chi connectivity index (χ4v) is 3.07. The molecule has 0 saturated carbocycles. The third-order valence-corrected chi connectivity index (χ3v) is 4.32. The number of carbonyl (C=O) groups excluding carboxylic acids is 3. The molecule has 1 amide bonds. The van der Waals surface area contributed by atoms with Crippen molar-refractivity contribution in [2.45, 2.75) is 6.04 Å². The van der Waals surface area contributed by atoms with Crippen LogP contribution >= 0.6 is 0 Å². The lowest BCUT2D eigenvalue weighted by Crippen LogP contribution is -2.40. The summed E-state index contributed by atoms with van der Waals surface area (Å²) < 4.78 is 5.06. The van der Waals surface area contributed by atoms with Crippen molar-refractivity contribution in [2.75, 3.05) is 13.7 Å². The first-order valence-electron chi connectivity index (χ1n) is 8.11. The maximum absolute atomic E-state index is 12.6. The Labute approximate surface area is 155 Å². The third-order valence-electron chi connectivity index (χ3n) is 4.32. The molecule has 0 spiro atoms. The molecule has 1 N–H and O–H groups in total. The van der Waals surface area contributed by atoms with Crippen LogP contribution in [0.5, 0.6) is 5.75 Å². The molecule has 0 bridgehead atoms. The average Bonchev–Trinajstić information content (AvgIpc) is 2.92. The molecule has 7 heteroatoms. The number of nitrogens with zero attached hydrogens (tertiary/aromatic N) is 1. The number of ether oxygens (including phenoxy) is 1. The highest BCUT2D eigenvalue weighted by Crippen LogP contribution is 2.39. The Morgan fingerprint density at radius 1 is 1.11 bits per heavy atom. The molecule has 27 heavy (non-hydrogen) atoms. The highest BCUT2D eigenvalue weighted by molar-refractivity contribution is 6.46. The summed E-state index contributed by atoms with van der Waals surface area (Å²) in [5.41, 5.74) is 0.647. The summed E-state index contributed by atoms with van der Waals surface area (Å²) in [6, 6.07) is 13.7. The Balaban J connectivity index is 2.16. The molecule has 3 rings (SSSR count). The topological polar surface area (TPSA) is 107 Å². The van der Waals surface area contributed by atoms with Gasteiger partial charge in [0.15, 0.2) is 0 Å². The molecule has 1 fully saturated rings. The molecule has 1 aliphatic rings. The lowest BCUT2D eigenvalue weighted by atomic mass is 9.95. The Morgan fingerprint density at radius 3 is 2.30 bits per heavy atom. The Kier molecular flexibility index (Phi) is 4.94. The van der Waals surface area contributed by atoms with Gasteiger partial charge in [0.1, 0.15) is 11.5 Å². The van der Waals surface area contributed by atoms with Crippen molar-refractivity contribution in [2.24, 2.45) is 0 Å². The highest BCUT2D eigenvalue weighted by Gasteiger charge is 2.45. The fourth-order valence-electron chi connectivity index (χ4n) is 3.07. The summed E-state index contributed by atoms with van der Waals surface area (Å²) in [4.78, 5) is 36.9. The van der Waals surface area contributed by atoms with Crippen LogP contribution in [0.15, 0.2) is 60.2 Å². The van der Waals surface area contributed by atoms with E-state index in [1.807, 2.05) is 0 Å². The van der Waals surface area contributed by atoms with Crippen molar-refractivity contribution >= 4 is 23.4 Å². The van der Waals surface area contributed by atoms with E-state index < -0.39 is 30.2 Å². The predicted molar refractivity (Wildman–Crippen MR) is 93.5 cm³/mol. The summed E-state index contributed by atoms with van der Waals surface area (Å²) in [5, 5.41) is 21.8. The number of amides is 1. The van der Waals surface area contributed by atoms with Crippen LogP contribution in [0.4, 0.5) is 0 Å². The van der Waals surface area contributed by atoms with Crippen LogP contribution < -0.4 is 9.84 Å². The Morgan fingerprint density at radius 2 is 1.74 bits per heavy atom. The summed E-state index contributed by atoms with van der Waals surface area (Å²) in [5.74, 6) is -3.27. The Bertz CT molecular complexity index is 917. The van der Waals surface area contributed by atoms with Gasteiger partial charge in [0, 0.05) is 5.56 Å². The van der Waals surface area contributed by atoms with E-state index in [0.29, 0.717) is 16.9 Å². The number of Topliss-reactive ketones (excluding diaryl/α,β-unsaturated/α-hetero) is 1. The maximum Gasteiger partial charge on any atom is 0.295 e. The molecule has 0 aromatic heterocycles. The van der Waals surface area contributed by atoms with Crippen LogP contribution in [0.25, 0.3) is 5.76 Å². The molecule has 7 nitrogen and oxygen atoms in total.